The molecule has 2 aliphatic rings. The topological polar surface area (TPSA) is 69.6 Å². The van der Waals surface area contributed by atoms with Gasteiger partial charge < -0.3 is 15.5 Å². The fourth-order valence-corrected chi connectivity index (χ4v) is 3.29. The largest absolute Gasteiger partial charge is 0.481 e. The van der Waals surface area contributed by atoms with Crippen molar-refractivity contribution in [3.8, 4) is 0 Å². The zero-order chi connectivity index (χ0) is 13.0. The van der Waals surface area contributed by atoms with Gasteiger partial charge in [-0.3, -0.25) is 4.79 Å². The van der Waals surface area contributed by atoms with Gasteiger partial charge in [-0.25, -0.2) is 0 Å². The summed E-state index contributed by atoms with van der Waals surface area (Å²) in [7, 11) is 0. The first-order valence-corrected chi connectivity index (χ1v) is 7.33. The summed E-state index contributed by atoms with van der Waals surface area (Å²) in [5.74, 6) is -0.801. The number of nitrogens with one attached hydrogen (secondary N) is 1. The van der Waals surface area contributed by atoms with Crippen molar-refractivity contribution in [3.05, 3.63) is 0 Å². The summed E-state index contributed by atoms with van der Waals surface area (Å²) in [6, 6.07) is 0.622. The summed E-state index contributed by atoms with van der Waals surface area (Å²) in [5, 5.41) is 22.6. The monoisotopic (exact) mass is 255 g/mol. The van der Waals surface area contributed by atoms with Gasteiger partial charge in [-0.15, -0.1) is 0 Å². The molecule has 0 aromatic carbocycles. The number of hydrogen-bond acceptors (Lipinski definition) is 3. The van der Waals surface area contributed by atoms with E-state index in [0.717, 1.165) is 44.9 Å². The Morgan fingerprint density at radius 2 is 1.61 bits per heavy atom. The summed E-state index contributed by atoms with van der Waals surface area (Å²) < 4.78 is 0. The second kappa shape index (κ2) is 6.53. The van der Waals surface area contributed by atoms with Crippen LogP contribution in [0.25, 0.3) is 0 Å². The van der Waals surface area contributed by atoms with Gasteiger partial charge in [-0.1, -0.05) is 19.3 Å². The van der Waals surface area contributed by atoms with Gasteiger partial charge in [-0.05, 0) is 38.5 Å². The highest BCUT2D eigenvalue weighted by atomic mass is 16.4. The van der Waals surface area contributed by atoms with E-state index in [1.54, 1.807) is 0 Å². The lowest BCUT2D eigenvalue weighted by Crippen LogP contribution is -2.46. The number of aliphatic hydroxyl groups excluding tert-OH is 1. The maximum absolute atomic E-state index is 10.9. The number of aliphatic carboxylic acids is 1. The molecule has 0 aliphatic heterocycles. The molecule has 3 N–H and O–H groups in total. The molecule has 2 rings (SSSR count). The first-order valence-electron chi connectivity index (χ1n) is 7.33. The normalized spacial score (nSPS) is 38.1. The Morgan fingerprint density at radius 1 is 0.944 bits per heavy atom. The van der Waals surface area contributed by atoms with E-state index in [9.17, 15) is 9.90 Å². The van der Waals surface area contributed by atoms with Crippen LogP contribution in [0.15, 0.2) is 0 Å². The maximum atomic E-state index is 10.9. The summed E-state index contributed by atoms with van der Waals surface area (Å²) in [6.45, 7) is 0. The van der Waals surface area contributed by atoms with Crippen molar-refractivity contribution >= 4 is 5.97 Å². The number of carbonyl (C=O) groups is 1. The zero-order valence-electron chi connectivity index (χ0n) is 11.0. The lowest BCUT2D eigenvalue weighted by Gasteiger charge is -2.32. The van der Waals surface area contributed by atoms with E-state index in [2.05, 4.69) is 5.32 Å². The Balaban J connectivity index is 1.78. The molecule has 2 saturated carbocycles. The molecule has 4 heteroatoms. The average molecular weight is 255 g/mol. The van der Waals surface area contributed by atoms with Gasteiger partial charge in [0.15, 0.2) is 0 Å². The Hall–Kier alpha value is -0.610. The van der Waals surface area contributed by atoms with E-state index in [0.29, 0.717) is 6.04 Å². The van der Waals surface area contributed by atoms with Crippen LogP contribution >= 0.6 is 0 Å². The molecular weight excluding hydrogens is 230 g/mol. The molecular formula is C14H25NO3. The molecule has 0 aromatic rings. The van der Waals surface area contributed by atoms with Crippen LogP contribution in [0.3, 0.4) is 0 Å². The van der Waals surface area contributed by atoms with Crippen LogP contribution in [-0.4, -0.2) is 34.4 Å². The highest BCUT2D eigenvalue weighted by molar-refractivity contribution is 5.70. The van der Waals surface area contributed by atoms with E-state index in [1.807, 2.05) is 0 Å². The predicted molar refractivity (Wildman–Crippen MR) is 69.4 cm³/mol. The fourth-order valence-electron chi connectivity index (χ4n) is 3.29. The predicted octanol–water partition coefficient (Wildman–Crippen LogP) is 1.91. The maximum Gasteiger partial charge on any atom is 0.306 e. The van der Waals surface area contributed by atoms with Crippen molar-refractivity contribution in [1.82, 2.24) is 5.32 Å². The number of carboxylic acids is 1. The third-order valence-corrected chi connectivity index (χ3v) is 4.51. The third-order valence-electron chi connectivity index (χ3n) is 4.51. The quantitative estimate of drug-likeness (QED) is 0.674. The molecule has 18 heavy (non-hydrogen) atoms. The number of carboxylic acid groups (broad SMARTS) is 1. The lowest BCUT2D eigenvalue weighted by atomic mass is 9.85. The standard InChI is InChI=1S/C14H25NO3/c16-13-5-3-1-2-4-12(13)15-11-8-6-10(7-9-11)14(17)18/h10-13,15-16H,1-9H2,(H,17,18). The van der Waals surface area contributed by atoms with Gasteiger partial charge in [0.1, 0.15) is 0 Å². The minimum atomic E-state index is -0.650. The van der Waals surface area contributed by atoms with Crippen molar-refractivity contribution in [2.75, 3.05) is 0 Å². The van der Waals surface area contributed by atoms with E-state index in [4.69, 9.17) is 5.11 Å². The minimum Gasteiger partial charge on any atom is -0.481 e. The zero-order valence-corrected chi connectivity index (χ0v) is 11.0. The van der Waals surface area contributed by atoms with Crippen LogP contribution in [0, 0.1) is 5.92 Å². The van der Waals surface area contributed by atoms with Gasteiger partial charge in [-0.2, -0.15) is 0 Å². The fraction of sp³-hybridized carbons (Fsp3) is 0.929. The highest BCUT2D eigenvalue weighted by Crippen LogP contribution is 2.26. The second-order valence-electron chi connectivity index (χ2n) is 5.87. The number of hydrogen-bond donors (Lipinski definition) is 3. The molecule has 0 spiro atoms. The Bertz CT molecular complexity index is 274. The Kier molecular flexibility index (Phi) is 5.01. The van der Waals surface area contributed by atoms with Gasteiger partial charge in [0.25, 0.3) is 0 Å². The lowest BCUT2D eigenvalue weighted by molar-refractivity contribution is -0.142. The summed E-state index contributed by atoms with van der Waals surface area (Å²) in [5.41, 5.74) is 0. The van der Waals surface area contributed by atoms with E-state index >= 15 is 0 Å². The molecule has 2 fully saturated rings. The third kappa shape index (κ3) is 3.69. The van der Waals surface area contributed by atoms with Crippen molar-refractivity contribution < 1.29 is 15.0 Å². The molecule has 0 amide bonds. The molecule has 0 saturated heterocycles. The Morgan fingerprint density at radius 3 is 2.28 bits per heavy atom. The van der Waals surface area contributed by atoms with Gasteiger partial charge >= 0.3 is 5.97 Å². The molecule has 104 valence electrons. The van der Waals surface area contributed by atoms with Crippen molar-refractivity contribution in [3.63, 3.8) is 0 Å². The molecule has 4 nitrogen and oxygen atoms in total. The molecule has 2 aliphatic carbocycles. The van der Waals surface area contributed by atoms with Crippen LogP contribution < -0.4 is 5.32 Å². The second-order valence-corrected chi connectivity index (χ2v) is 5.87. The molecule has 0 radical (unpaired) electrons. The number of aliphatic hydroxyl groups is 1. The molecule has 0 aromatic heterocycles. The van der Waals surface area contributed by atoms with Gasteiger partial charge in [0.05, 0.1) is 12.0 Å². The number of rotatable bonds is 3. The average Bonchev–Trinajstić information content (AvgIpc) is 2.56. The van der Waals surface area contributed by atoms with Crippen molar-refractivity contribution in [2.24, 2.45) is 5.92 Å². The van der Waals surface area contributed by atoms with Crippen molar-refractivity contribution in [1.29, 1.82) is 0 Å². The van der Waals surface area contributed by atoms with E-state index in [1.165, 1.54) is 12.8 Å². The van der Waals surface area contributed by atoms with E-state index in [-0.39, 0.29) is 18.1 Å². The van der Waals surface area contributed by atoms with Crippen LogP contribution in [0.2, 0.25) is 0 Å². The summed E-state index contributed by atoms with van der Waals surface area (Å²) in [6.07, 6.45) is 8.70. The summed E-state index contributed by atoms with van der Waals surface area (Å²) in [4.78, 5) is 10.9. The first-order chi connectivity index (χ1) is 8.66. The molecule has 0 bridgehead atoms. The molecule has 2 unspecified atom stereocenters. The minimum absolute atomic E-state index is 0.151. The summed E-state index contributed by atoms with van der Waals surface area (Å²) >= 11 is 0. The first kappa shape index (κ1) is 13.8. The SMILES string of the molecule is O=C(O)C1CCC(NC2CCCCCC2O)CC1. The van der Waals surface area contributed by atoms with Crippen LogP contribution in [-0.2, 0) is 4.79 Å². The van der Waals surface area contributed by atoms with Gasteiger partial charge in [0.2, 0.25) is 0 Å². The van der Waals surface area contributed by atoms with E-state index < -0.39 is 5.97 Å². The smallest absolute Gasteiger partial charge is 0.306 e. The van der Waals surface area contributed by atoms with Gasteiger partial charge in [0, 0.05) is 12.1 Å². The highest BCUT2D eigenvalue weighted by Gasteiger charge is 2.29. The van der Waals surface area contributed by atoms with Crippen LogP contribution in [0.4, 0.5) is 0 Å². The van der Waals surface area contributed by atoms with Crippen molar-refractivity contribution in [2.45, 2.75) is 76.0 Å². The Labute approximate surface area is 109 Å². The van der Waals surface area contributed by atoms with Crippen LogP contribution in [0.1, 0.15) is 57.8 Å². The van der Waals surface area contributed by atoms with Crippen LogP contribution in [0.5, 0.6) is 0 Å². The molecule has 0 heterocycles. The molecule has 2 atom stereocenters.